The van der Waals surface area contributed by atoms with Crippen LogP contribution in [0, 0.1) is 134 Å². The van der Waals surface area contributed by atoms with Crippen LogP contribution in [0.15, 0.2) is 207 Å². The van der Waals surface area contributed by atoms with Gasteiger partial charge in [0.2, 0.25) is 5.91 Å². The van der Waals surface area contributed by atoms with Gasteiger partial charge in [0.05, 0.1) is 121 Å². The molecule has 4 saturated carbocycles. The second-order valence-corrected chi connectivity index (χ2v) is 31.4. The number of nitrogens with one attached hydrogen (secondary N) is 1. The minimum atomic E-state index is -1.07. The van der Waals surface area contributed by atoms with Crippen LogP contribution in [-0.4, -0.2) is 135 Å². The molecule has 674 valence electrons. The van der Waals surface area contributed by atoms with Gasteiger partial charge in [0.25, 0.3) is 0 Å². The molecular weight excluding hydrogens is 1690 g/mol. The van der Waals surface area contributed by atoms with E-state index in [0.29, 0.717) is 140 Å². The molecule has 0 bridgehead atoms. The Balaban J connectivity index is 0.000000154. The first-order valence-corrected chi connectivity index (χ1v) is 40.8. The van der Waals surface area contributed by atoms with Crippen LogP contribution < -0.4 is 35.7 Å². The fourth-order valence-corrected chi connectivity index (χ4v) is 14.7. The topological polar surface area (TPSA) is 410 Å². The third-order valence-electron chi connectivity index (χ3n) is 22.0. The lowest BCUT2D eigenvalue weighted by molar-refractivity contribution is -0.141. The number of ether oxygens (including phenoxy) is 4. The zero-order chi connectivity index (χ0) is 93.8. The SMILES string of the molecule is Cc1ncc(O)c(C)n1.Cc1ncc(OC[C@@H]2C[C@@]2(C(=O)Nc2ccc(F)cn2)c2cccc(F)c2)c(C)n1.Cc1ncc(OC[C@@H]2C[C@@]2(C(=O)O)c2cccc(F)c2)c(C)n1.Cc1ncc(OC[C@@]2(c3cccc(F)c3)C[C@H]2C(=O)Cc2ccc(F)cn2)c(C)n1.Cc1ncc(OC[C@@]2(c3cccc(F)c3)C[C@H]2C(=O)O)c(C)n1.Nc1ccc(F)cn1.Nc1ccccn1. The number of aromatic hydroxyl groups is 1. The Kier molecular flexibility index (Phi) is 31.4. The van der Waals surface area contributed by atoms with Gasteiger partial charge in [-0.1, -0.05) is 54.6 Å². The molecule has 1 amide bonds. The largest absolute Gasteiger partial charge is 0.504 e. The second kappa shape index (κ2) is 42.6. The molecule has 28 nitrogen and oxygen atoms in total. The summed E-state index contributed by atoms with van der Waals surface area (Å²) >= 11 is 0. The summed E-state index contributed by atoms with van der Waals surface area (Å²) in [7, 11) is 0. The molecule has 8 atom stereocenters. The van der Waals surface area contributed by atoms with Crippen LogP contribution in [0.4, 0.5) is 48.2 Å². The molecule has 9 heterocycles. The quantitative estimate of drug-likeness (QED) is 0.0324. The van der Waals surface area contributed by atoms with Crippen LogP contribution in [0.5, 0.6) is 28.7 Å². The molecule has 0 saturated heterocycles. The Hall–Kier alpha value is -14.9. The summed E-state index contributed by atoms with van der Waals surface area (Å²) in [6.45, 7) is 18.8. The number of rotatable bonds is 23. The number of pyridine rings is 4. The Labute approximate surface area is 743 Å². The Morgan fingerprint density at radius 3 is 1.15 bits per heavy atom. The maximum absolute atomic E-state index is 13.9. The lowest BCUT2D eigenvalue weighted by atomic mass is 9.91. The summed E-state index contributed by atoms with van der Waals surface area (Å²) in [4.78, 5) is 105. The molecule has 0 spiro atoms. The number of carboxylic acid groups (broad SMARTS) is 2. The van der Waals surface area contributed by atoms with E-state index in [0.717, 1.165) is 24.2 Å². The van der Waals surface area contributed by atoms with Gasteiger partial charge >= 0.3 is 11.9 Å². The van der Waals surface area contributed by atoms with E-state index in [1.807, 2.05) is 39.0 Å². The van der Waals surface area contributed by atoms with Crippen molar-refractivity contribution in [2.75, 3.05) is 43.2 Å². The molecule has 4 fully saturated rings. The molecule has 17 rings (SSSR count). The number of aromatic nitrogens is 14. The van der Waals surface area contributed by atoms with Crippen LogP contribution in [0.2, 0.25) is 0 Å². The molecule has 130 heavy (non-hydrogen) atoms. The smallest absolute Gasteiger partial charge is 0.314 e. The first-order valence-electron chi connectivity index (χ1n) is 40.8. The summed E-state index contributed by atoms with van der Waals surface area (Å²) in [5, 5.41) is 30.6. The van der Waals surface area contributed by atoms with Crippen molar-refractivity contribution in [1.29, 1.82) is 0 Å². The number of aliphatic carboxylic acids is 2. The summed E-state index contributed by atoms with van der Waals surface area (Å²) < 4.78 is 116. The van der Waals surface area contributed by atoms with Crippen LogP contribution in [0.3, 0.4) is 0 Å². The third kappa shape index (κ3) is 25.1. The Bertz CT molecular complexity index is 6130. The number of nitrogens with two attached hydrogens (primary N) is 2. The Morgan fingerprint density at radius 1 is 0.392 bits per heavy atom. The predicted octanol–water partition coefficient (Wildman–Crippen LogP) is 15.2. The minimum Gasteiger partial charge on any atom is -0.504 e. The average molecular weight is 1780 g/mol. The van der Waals surface area contributed by atoms with Crippen molar-refractivity contribution < 1.29 is 84.2 Å². The number of carbonyl (C=O) groups is 4. The van der Waals surface area contributed by atoms with Gasteiger partial charge in [-0.05, 0) is 214 Å². The van der Waals surface area contributed by atoms with E-state index in [4.69, 9.17) is 35.5 Å². The number of hydrogen-bond donors (Lipinski definition) is 6. The number of carbonyl (C=O) groups excluding carboxylic acids is 2. The van der Waals surface area contributed by atoms with Gasteiger partial charge in [-0.25, -0.2) is 95.5 Å². The van der Waals surface area contributed by atoms with Crippen LogP contribution in [0.1, 0.15) is 111 Å². The number of carboxylic acids is 2. The number of ketones is 1. The van der Waals surface area contributed by atoms with E-state index in [-0.39, 0.29) is 91.3 Å². The zero-order valence-corrected chi connectivity index (χ0v) is 72.5. The molecule has 0 unspecified atom stereocenters. The molecule has 35 heteroatoms. The highest BCUT2D eigenvalue weighted by Gasteiger charge is 2.64. The first-order chi connectivity index (χ1) is 62.0. The van der Waals surface area contributed by atoms with Gasteiger partial charge in [-0.2, -0.15) is 0 Å². The molecular formula is C95H94F7N17O11. The van der Waals surface area contributed by atoms with Gasteiger partial charge < -0.3 is 51.1 Å². The van der Waals surface area contributed by atoms with Gasteiger partial charge in [-0.15, -0.1) is 0 Å². The molecule has 0 aliphatic heterocycles. The van der Waals surface area contributed by atoms with Crippen molar-refractivity contribution in [1.82, 2.24) is 69.8 Å². The molecule has 4 aliphatic carbocycles. The highest BCUT2D eigenvalue weighted by atomic mass is 19.2. The second-order valence-electron chi connectivity index (χ2n) is 31.4. The van der Waals surface area contributed by atoms with E-state index in [9.17, 15) is 60.1 Å². The highest BCUT2D eigenvalue weighted by Crippen LogP contribution is 2.58. The number of hydrogen-bond acceptors (Lipinski definition) is 25. The fourth-order valence-electron chi connectivity index (χ4n) is 14.7. The van der Waals surface area contributed by atoms with Crippen LogP contribution in [-0.2, 0) is 47.3 Å². The summed E-state index contributed by atoms with van der Waals surface area (Å²) in [5.74, 6) is 0.292. The number of benzene rings is 4. The van der Waals surface area contributed by atoms with Gasteiger partial charge in [0.15, 0.2) is 28.7 Å². The molecule has 8 N–H and O–H groups in total. The fraction of sp³-hybridized carbons (Fsp3) is 0.284. The van der Waals surface area contributed by atoms with Gasteiger partial charge in [0.1, 0.15) is 93.1 Å². The zero-order valence-electron chi connectivity index (χ0n) is 72.5. The monoisotopic (exact) mass is 1780 g/mol. The molecule has 4 aromatic carbocycles. The molecule has 9 aromatic heterocycles. The van der Waals surface area contributed by atoms with E-state index >= 15 is 0 Å². The third-order valence-corrected chi connectivity index (χ3v) is 22.0. The number of aryl methyl sites for hydroxylation is 10. The molecule has 13 aromatic rings. The van der Waals surface area contributed by atoms with Crippen molar-refractivity contribution in [3.05, 3.63) is 334 Å². The lowest BCUT2D eigenvalue weighted by Crippen LogP contribution is -2.31. The lowest BCUT2D eigenvalue weighted by Gasteiger charge is -2.19. The predicted molar refractivity (Wildman–Crippen MR) is 464 cm³/mol. The van der Waals surface area contributed by atoms with E-state index in [2.05, 4.69) is 75.1 Å². The van der Waals surface area contributed by atoms with Crippen LogP contribution >= 0.6 is 0 Å². The maximum atomic E-state index is 13.9. The summed E-state index contributed by atoms with van der Waals surface area (Å²) in [5.41, 5.74) is 13.4. The highest BCUT2D eigenvalue weighted by molar-refractivity contribution is 6.01. The number of Topliss-reactive ketones (excluding diaryl/α,β-unsaturated/α-hetero) is 1. The van der Waals surface area contributed by atoms with Crippen molar-refractivity contribution in [2.24, 2.45) is 23.7 Å². The van der Waals surface area contributed by atoms with Gasteiger partial charge in [0, 0.05) is 46.9 Å². The summed E-state index contributed by atoms with van der Waals surface area (Å²) in [6.07, 6.45) is 14.6. The van der Waals surface area contributed by atoms with E-state index in [1.165, 1.54) is 97.2 Å². The average Bonchev–Trinajstić information content (AvgIpc) is 1.55. The number of halogens is 7. The van der Waals surface area contributed by atoms with E-state index in [1.54, 1.807) is 122 Å². The number of nitrogens with zero attached hydrogens (tertiary/aromatic N) is 14. The maximum Gasteiger partial charge on any atom is 0.314 e. The van der Waals surface area contributed by atoms with Gasteiger partial charge in [-0.3, -0.25) is 24.2 Å². The molecule has 4 aliphatic rings. The number of nitrogen functional groups attached to an aromatic ring is 2. The minimum absolute atomic E-state index is 0.0288. The van der Waals surface area contributed by atoms with Crippen molar-refractivity contribution >= 4 is 41.1 Å². The number of amides is 1. The van der Waals surface area contributed by atoms with Crippen molar-refractivity contribution in [3.8, 4) is 28.7 Å². The first kappa shape index (κ1) is 95.7. The molecule has 0 radical (unpaired) electrons. The van der Waals surface area contributed by atoms with Crippen molar-refractivity contribution in [3.63, 3.8) is 0 Å². The van der Waals surface area contributed by atoms with Crippen molar-refractivity contribution in [2.45, 2.75) is 123 Å². The normalized spacial score (nSPS) is 18.9. The number of anilines is 3. The summed E-state index contributed by atoms with van der Waals surface area (Å²) in [6, 6.07) is 37.6. The standard InChI is InChI=1S/C23H21F2N3O2.C22H20F2N4O2.2C17H17FN2O3.C6H8N2O.C5H5FN2.C5H6N2/c1-14-22(12-26-15(2)28-14)30-13-23(16-4-3-5-17(24)8-16)10-20(23)21(29)9-19-7-6-18(25)11-27-19;1-13-19(11-25-14(2)27-13)30-12-16-9-22(16,15-4-3-5-17(23)8-15)21(29)28-20-7-6-18(24)10-26-20;1-10-15(8-19-11(2)20-10)23-9-13-7-17(13,16(21)22)12-4-3-5-14(18)6-12;1-10-15(8-19-11(2)20-10)23-9-17(7-14(17)16(21)22)12-4-3-5-13(18)6-12;1-4-6(9)3-7-5(2)8-4;6-4-1-2-5(7)8-3-4;6-5-3-1-2-4-7-5/h3-8,11-12,20H,9-10,13H2,1-2H3;3-8,10-11,16H,9,12H2,1-2H3,(H,26,28,29);3-6,8,13H,7,9H2,1-2H3,(H,21,22);3-6,8,14H,7,9H2,1-2H3,(H,21,22);3,9H,1-2H3;1-3H,(H2,7,8);1-4H,(H2,6,7)/t20-,23+;16-,22+;13-,17+;14-,17+;;;/m0000.../s1. The van der Waals surface area contributed by atoms with E-state index < -0.39 is 62.8 Å². The van der Waals surface area contributed by atoms with Crippen LogP contribution in [0.25, 0.3) is 0 Å². The Morgan fingerprint density at radius 2 is 0.785 bits per heavy atom.